The maximum Gasteiger partial charge on any atom is 0.360 e. The zero-order valence-corrected chi connectivity index (χ0v) is 9.76. The quantitative estimate of drug-likeness (QED) is 0.455. The predicted octanol–water partition coefficient (Wildman–Crippen LogP) is 1.08. The molecule has 0 fully saturated rings. The van der Waals surface area contributed by atoms with Crippen molar-refractivity contribution in [2.75, 3.05) is 13.2 Å². The molecule has 2 N–H and O–H groups in total. The molecule has 0 aliphatic rings. The van der Waals surface area contributed by atoms with Crippen molar-refractivity contribution < 1.29 is 14.4 Å². The first-order valence-corrected chi connectivity index (χ1v) is 5.27. The number of nitrogens with two attached hydrogens (primary N) is 1. The average Bonchev–Trinajstić information content (AvgIpc) is 2.37. The Balaban J connectivity index is 2.21. The van der Waals surface area contributed by atoms with Gasteiger partial charge in [-0.15, -0.1) is 0 Å². The maximum absolute atomic E-state index is 11.2. The van der Waals surface area contributed by atoms with Gasteiger partial charge in [0.15, 0.2) is 0 Å². The molecular weight excluding hydrogens is 220 g/mol. The summed E-state index contributed by atoms with van der Waals surface area (Å²) in [5, 5.41) is 3.53. The van der Waals surface area contributed by atoms with Crippen molar-refractivity contribution in [2.45, 2.75) is 13.5 Å². The fraction of sp³-hybridized carbons (Fsp3) is 0.333. The predicted molar refractivity (Wildman–Crippen MR) is 64.4 cm³/mol. The Kier molecular flexibility index (Phi) is 5.92. The number of carbonyl (C=O) groups is 1. The average molecular weight is 236 g/mol. The van der Waals surface area contributed by atoms with Crippen LogP contribution >= 0.6 is 0 Å². The highest BCUT2D eigenvalue weighted by molar-refractivity contribution is 5.84. The molecule has 0 atom stereocenters. The van der Waals surface area contributed by atoms with E-state index >= 15 is 0 Å². The highest BCUT2D eigenvalue weighted by atomic mass is 16.7. The monoisotopic (exact) mass is 236 g/mol. The summed E-state index contributed by atoms with van der Waals surface area (Å²) in [4.78, 5) is 15.7. The summed E-state index contributed by atoms with van der Waals surface area (Å²) in [6.07, 6.45) is 0. The minimum atomic E-state index is -0.534. The number of oxime groups is 1. The summed E-state index contributed by atoms with van der Waals surface area (Å²) in [7, 11) is 0. The minimum absolute atomic E-state index is 0.129. The van der Waals surface area contributed by atoms with Gasteiger partial charge >= 0.3 is 5.97 Å². The summed E-state index contributed by atoms with van der Waals surface area (Å²) in [5.74, 6) is -0.534. The largest absolute Gasteiger partial charge is 0.365 e. The third kappa shape index (κ3) is 5.79. The van der Waals surface area contributed by atoms with E-state index in [-0.39, 0.29) is 13.2 Å². The second-order valence-electron chi connectivity index (χ2n) is 3.47. The number of hydrogen-bond donors (Lipinski definition) is 1. The van der Waals surface area contributed by atoms with E-state index in [0.29, 0.717) is 12.3 Å². The van der Waals surface area contributed by atoms with Gasteiger partial charge in [0.05, 0.1) is 12.3 Å². The summed E-state index contributed by atoms with van der Waals surface area (Å²) in [6.45, 7) is 2.18. The summed E-state index contributed by atoms with van der Waals surface area (Å²) < 4.78 is 5.17. The normalized spacial score (nSPS) is 11.3. The Labute approximate surface area is 100 Å². The van der Waals surface area contributed by atoms with Crippen LogP contribution in [-0.2, 0) is 21.0 Å². The molecule has 1 rings (SSSR count). The van der Waals surface area contributed by atoms with Crippen molar-refractivity contribution >= 4 is 11.7 Å². The van der Waals surface area contributed by atoms with Gasteiger partial charge in [0, 0.05) is 6.54 Å². The minimum Gasteiger partial charge on any atom is -0.365 e. The number of carbonyl (C=O) groups excluding carboxylic acids is 1. The fourth-order valence-corrected chi connectivity index (χ4v) is 1.02. The van der Waals surface area contributed by atoms with Crippen LogP contribution in [0.3, 0.4) is 0 Å². The van der Waals surface area contributed by atoms with Crippen LogP contribution in [0, 0.1) is 0 Å². The van der Waals surface area contributed by atoms with E-state index in [9.17, 15) is 4.79 Å². The van der Waals surface area contributed by atoms with Gasteiger partial charge in [-0.05, 0) is 12.5 Å². The summed E-state index contributed by atoms with van der Waals surface area (Å²) in [6, 6.07) is 9.57. The number of hydrogen-bond acceptors (Lipinski definition) is 5. The SMILES string of the molecule is CC(CN)=NOC(=O)COCc1ccccc1. The van der Waals surface area contributed by atoms with Crippen molar-refractivity contribution in [1.82, 2.24) is 0 Å². The standard InChI is InChI=1S/C12H16N2O3/c1-10(7-13)14-17-12(15)9-16-8-11-5-3-2-4-6-11/h2-6H,7-9,13H2,1H3. The maximum atomic E-state index is 11.2. The third-order valence-electron chi connectivity index (χ3n) is 1.93. The first-order valence-electron chi connectivity index (χ1n) is 5.27. The highest BCUT2D eigenvalue weighted by Gasteiger charge is 2.03. The molecular formula is C12H16N2O3. The van der Waals surface area contributed by atoms with Crippen LogP contribution in [0.4, 0.5) is 0 Å². The van der Waals surface area contributed by atoms with Gasteiger partial charge < -0.3 is 15.3 Å². The number of benzene rings is 1. The van der Waals surface area contributed by atoms with E-state index in [4.69, 9.17) is 10.5 Å². The Morgan fingerprint density at radius 1 is 1.35 bits per heavy atom. The second kappa shape index (κ2) is 7.54. The zero-order chi connectivity index (χ0) is 12.5. The molecule has 0 radical (unpaired) electrons. The highest BCUT2D eigenvalue weighted by Crippen LogP contribution is 2.00. The van der Waals surface area contributed by atoms with Crippen LogP contribution in [0.5, 0.6) is 0 Å². The molecule has 0 heterocycles. The van der Waals surface area contributed by atoms with Crippen LogP contribution in [0.1, 0.15) is 12.5 Å². The molecule has 5 heteroatoms. The molecule has 92 valence electrons. The van der Waals surface area contributed by atoms with Crippen molar-refractivity contribution in [3.05, 3.63) is 35.9 Å². The van der Waals surface area contributed by atoms with E-state index in [1.165, 1.54) is 0 Å². The van der Waals surface area contributed by atoms with Gasteiger partial charge in [-0.25, -0.2) is 4.79 Å². The molecule has 0 unspecified atom stereocenters. The molecule has 1 aromatic carbocycles. The first kappa shape index (κ1) is 13.3. The Morgan fingerprint density at radius 3 is 2.71 bits per heavy atom. The molecule has 0 spiro atoms. The topological polar surface area (TPSA) is 73.9 Å². The Hall–Kier alpha value is -1.72. The molecule has 1 aromatic rings. The zero-order valence-electron chi connectivity index (χ0n) is 9.76. The summed E-state index contributed by atoms with van der Waals surface area (Å²) >= 11 is 0. The van der Waals surface area contributed by atoms with E-state index < -0.39 is 5.97 Å². The van der Waals surface area contributed by atoms with Crippen LogP contribution in [0.15, 0.2) is 35.5 Å². The third-order valence-corrected chi connectivity index (χ3v) is 1.93. The lowest BCUT2D eigenvalue weighted by Gasteiger charge is -2.02. The molecule has 0 aliphatic carbocycles. The van der Waals surface area contributed by atoms with Gasteiger partial charge in [-0.3, -0.25) is 0 Å². The molecule has 0 aliphatic heterocycles. The fourth-order valence-electron chi connectivity index (χ4n) is 1.02. The van der Waals surface area contributed by atoms with Gasteiger partial charge in [-0.2, -0.15) is 0 Å². The first-order chi connectivity index (χ1) is 8.22. The lowest BCUT2D eigenvalue weighted by atomic mass is 10.2. The lowest BCUT2D eigenvalue weighted by molar-refractivity contribution is -0.149. The van der Waals surface area contributed by atoms with Gasteiger partial charge in [0.1, 0.15) is 6.61 Å². The lowest BCUT2D eigenvalue weighted by Crippen LogP contribution is -2.14. The van der Waals surface area contributed by atoms with Crippen molar-refractivity contribution in [3.8, 4) is 0 Å². The van der Waals surface area contributed by atoms with Crippen molar-refractivity contribution in [1.29, 1.82) is 0 Å². The van der Waals surface area contributed by atoms with Gasteiger partial charge in [-0.1, -0.05) is 35.5 Å². The van der Waals surface area contributed by atoms with Crippen LogP contribution < -0.4 is 5.73 Å². The summed E-state index contributed by atoms with van der Waals surface area (Å²) in [5.41, 5.74) is 6.84. The number of nitrogens with zero attached hydrogens (tertiary/aromatic N) is 1. The molecule has 0 saturated carbocycles. The molecule has 0 saturated heterocycles. The van der Waals surface area contributed by atoms with E-state index in [1.807, 2.05) is 30.3 Å². The van der Waals surface area contributed by atoms with Gasteiger partial charge in [0.2, 0.25) is 0 Å². The van der Waals surface area contributed by atoms with Crippen LogP contribution in [-0.4, -0.2) is 24.8 Å². The Bertz CT molecular complexity index is 377. The molecule has 17 heavy (non-hydrogen) atoms. The van der Waals surface area contributed by atoms with Crippen molar-refractivity contribution in [2.24, 2.45) is 10.9 Å². The van der Waals surface area contributed by atoms with Crippen molar-refractivity contribution in [3.63, 3.8) is 0 Å². The Morgan fingerprint density at radius 2 is 2.06 bits per heavy atom. The molecule has 0 aromatic heterocycles. The van der Waals surface area contributed by atoms with E-state index in [1.54, 1.807) is 6.92 Å². The smallest absolute Gasteiger partial charge is 0.360 e. The molecule has 0 bridgehead atoms. The van der Waals surface area contributed by atoms with E-state index in [2.05, 4.69) is 9.99 Å². The number of rotatable bonds is 6. The second-order valence-corrected chi connectivity index (χ2v) is 3.47. The van der Waals surface area contributed by atoms with E-state index in [0.717, 1.165) is 5.56 Å². The molecule has 5 nitrogen and oxygen atoms in total. The molecule has 0 amide bonds. The number of ether oxygens (including phenoxy) is 1. The van der Waals surface area contributed by atoms with Gasteiger partial charge in [0.25, 0.3) is 0 Å². The van der Waals surface area contributed by atoms with Crippen LogP contribution in [0.25, 0.3) is 0 Å². The van der Waals surface area contributed by atoms with Crippen LogP contribution in [0.2, 0.25) is 0 Å².